The van der Waals surface area contributed by atoms with E-state index in [4.69, 9.17) is 4.74 Å². The largest absolute Gasteiger partial charge is 0.484 e. The molecule has 0 unspecified atom stereocenters. The highest BCUT2D eigenvalue weighted by Gasteiger charge is 2.30. The van der Waals surface area contributed by atoms with Gasteiger partial charge in [-0.1, -0.05) is 70.5 Å². The molecule has 0 spiro atoms. The molecule has 0 aliphatic carbocycles. The number of aryl methyl sites for hydroxylation is 2. The Morgan fingerprint density at radius 1 is 0.971 bits per heavy atom. The molecule has 0 heterocycles. The fraction of sp³-hybridized carbons (Fsp3) is 0.286. The van der Waals surface area contributed by atoms with Crippen molar-refractivity contribution in [2.45, 2.75) is 39.8 Å². The molecule has 5 nitrogen and oxygen atoms in total. The van der Waals surface area contributed by atoms with Gasteiger partial charge in [0.15, 0.2) is 6.61 Å². The van der Waals surface area contributed by atoms with Gasteiger partial charge >= 0.3 is 0 Å². The number of ether oxygens (including phenoxy) is 1. The van der Waals surface area contributed by atoms with E-state index in [9.17, 15) is 9.59 Å². The van der Waals surface area contributed by atoms with Crippen molar-refractivity contribution in [1.82, 2.24) is 10.2 Å². The second-order valence-electron chi connectivity index (χ2n) is 8.25. The van der Waals surface area contributed by atoms with Crippen molar-refractivity contribution in [3.63, 3.8) is 0 Å². The first-order chi connectivity index (χ1) is 16.4. The molecule has 0 aliphatic rings. The zero-order valence-corrected chi connectivity index (χ0v) is 21.5. The lowest BCUT2D eigenvalue weighted by molar-refractivity contribution is -0.142. The van der Waals surface area contributed by atoms with Crippen molar-refractivity contribution in [1.29, 1.82) is 0 Å². The Bertz CT molecular complexity index is 1120. The maximum atomic E-state index is 13.5. The summed E-state index contributed by atoms with van der Waals surface area (Å²) in [5.74, 6) is 0.200. The van der Waals surface area contributed by atoms with Gasteiger partial charge in [0.2, 0.25) is 5.91 Å². The van der Waals surface area contributed by atoms with Crippen molar-refractivity contribution < 1.29 is 14.3 Å². The molecule has 2 amide bonds. The van der Waals surface area contributed by atoms with E-state index in [1.54, 1.807) is 4.90 Å². The molecule has 3 aromatic carbocycles. The fourth-order valence-corrected chi connectivity index (χ4v) is 4.00. The van der Waals surface area contributed by atoms with E-state index in [0.29, 0.717) is 25.3 Å². The van der Waals surface area contributed by atoms with E-state index in [1.165, 1.54) is 0 Å². The van der Waals surface area contributed by atoms with Crippen molar-refractivity contribution in [2.24, 2.45) is 0 Å². The number of rotatable bonds is 10. The van der Waals surface area contributed by atoms with Crippen molar-refractivity contribution in [3.05, 3.63) is 99.5 Å². The number of amides is 2. The first-order valence-corrected chi connectivity index (χ1v) is 12.2. The molecular formula is C28H31BrN2O3. The van der Waals surface area contributed by atoms with Crippen LogP contribution in [0.3, 0.4) is 0 Å². The van der Waals surface area contributed by atoms with Gasteiger partial charge < -0.3 is 15.0 Å². The normalized spacial score (nSPS) is 11.5. The van der Waals surface area contributed by atoms with Crippen LogP contribution in [0.25, 0.3) is 0 Å². The highest BCUT2D eigenvalue weighted by atomic mass is 79.9. The molecular weight excluding hydrogens is 492 g/mol. The number of carbonyl (C=O) groups excluding carboxylic acids is 2. The van der Waals surface area contributed by atoms with Crippen LogP contribution in [0.15, 0.2) is 77.3 Å². The Morgan fingerprint density at radius 3 is 2.35 bits per heavy atom. The van der Waals surface area contributed by atoms with Crippen LogP contribution < -0.4 is 10.1 Å². The number of likely N-dealkylation sites (N-methyl/N-ethyl adjacent to an activating group) is 1. The van der Waals surface area contributed by atoms with Gasteiger partial charge in [0.25, 0.3) is 5.91 Å². The SMILES string of the molecule is CCNC(=O)[C@H](Cc1ccccc1)N(Cc1ccccc1C)C(=O)COc1ccc(Br)c(C)c1. The molecule has 0 aromatic heterocycles. The van der Waals surface area contributed by atoms with E-state index in [2.05, 4.69) is 21.2 Å². The quantitative estimate of drug-likeness (QED) is 0.397. The van der Waals surface area contributed by atoms with E-state index in [0.717, 1.165) is 26.7 Å². The van der Waals surface area contributed by atoms with E-state index in [1.807, 2.05) is 93.6 Å². The summed E-state index contributed by atoms with van der Waals surface area (Å²) in [7, 11) is 0. The summed E-state index contributed by atoms with van der Waals surface area (Å²) >= 11 is 3.48. The Morgan fingerprint density at radius 2 is 1.68 bits per heavy atom. The fourth-order valence-electron chi connectivity index (χ4n) is 3.75. The smallest absolute Gasteiger partial charge is 0.261 e. The monoisotopic (exact) mass is 522 g/mol. The average Bonchev–Trinajstić information content (AvgIpc) is 2.83. The number of benzene rings is 3. The van der Waals surface area contributed by atoms with Crippen molar-refractivity contribution in [3.8, 4) is 5.75 Å². The van der Waals surface area contributed by atoms with Crippen LogP contribution in [0.2, 0.25) is 0 Å². The molecule has 34 heavy (non-hydrogen) atoms. The van der Waals surface area contributed by atoms with Crippen LogP contribution in [0.5, 0.6) is 5.75 Å². The van der Waals surface area contributed by atoms with Crippen LogP contribution >= 0.6 is 15.9 Å². The van der Waals surface area contributed by atoms with Crippen LogP contribution in [0.4, 0.5) is 0 Å². The van der Waals surface area contributed by atoms with E-state index < -0.39 is 6.04 Å². The molecule has 0 saturated heterocycles. The van der Waals surface area contributed by atoms with Crippen molar-refractivity contribution in [2.75, 3.05) is 13.2 Å². The molecule has 1 N–H and O–H groups in total. The highest BCUT2D eigenvalue weighted by Crippen LogP contribution is 2.22. The van der Waals surface area contributed by atoms with Gasteiger partial charge in [-0.25, -0.2) is 0 Å². The third kappa shape index (κ3) is 6.94. The summed E-state index contributed by atoms with van der Waals surface area (Å²) in [5, 5.41) is 2.91. The topological polar surface area (TPSA) is 58.6 Å². The summed E-state index contributed by atoms with van der Waals surface area (Å²) in [6, 6.07) is 22.6. The molecule has 0 bridgehead atoms. The minimum atomic E-state index is -0.662. The van der Waals surface area contributed by atoms with Gasteiger partial charge in [0.05, 0.1) is 0 Å². The van der Waals surface area contributed by atoms with E-state index in [-0.39, 0.29) is 18.4 Å². The molecule has 0 radical (unpaired) electrons. The molecule has 0 aliphatic heterocycles. The first kappa shape index (κ1) is 25.5. The maximum Gasteiger partial charge on any atom is 0.261 e. The lowest BCUT2D eigenvalue weighted by Gasteiger charge is -2.31. The summed E-state index contributed by atoms with van der Waals surface area (Å²) in [4.78, 5) is 28.4. The van der Waals surface area contributed by atoms with Gasteiger partial charge in [0.1, 0.15) is 11.8 Å². The van der Waals surface area contributed by atoms with Gasteiger partial charge in [-0.3, -0.25) is 9.59 Å². The number of carbonyl (C=O) groups is 2. The summed E-state index contributed by atoms with van der Waals surface area (Å²) in [6.07, 6.45) is 0.418. The first-order valence-electron chi connectivity index (χ1n) is 11.4. The number of nitrogens with zero attached hydrogens (tertiary/aromatic N) is 1. The maximum absolute atomic E-state index is 13.5. The number of nitrogens with one attached hydrogen (secondary N) is 1. The molecule has 1 atom stereocenters. The Kier molecular flexibility index (Phi) is 9.28. The van der Waals surface area contributed by atoms with Crippen LogP contribution in [-0.2, 0) is 22.6 Å². The third-order valence-corrected chi connectivity index (χ3v) is 6.61. The Hall–Kier alpha value is -3.12. The molecule has 6 heteroatoms. The predicted molar refractivity (Wildman–Crippen MR) is 139 cm³/mol. The minimum Gasteiger partial charge on any atom is -0.484 e. The standard InChI is InChI=1S/C28H31BrN2O3/c1-4-30-28(33)26(17-22-11-6-5-7-12-22)31(18-23-13-9-8-10-20(23)2)27(32)19-34-24-14-15-25(29)21(3)16-24/h5-16,26H,4,17-19H2,1-3H3,(H,30,33)/t26-/m0/s1. The van der Waals surface area contributed by atoms with Crippen LogP contribution in [0, 0.1) is 13.8 Å². The number of hydrogen-bond donors (Lipinski definition) is 1. The summed E-state index contributed by atoms with van der Waals surface area (Å²) < 4.78 is 6.83. The Balaban J connectivity index is 1.90. The van der Waals surface area contributed by atoms with Gasteiger partial charge in [0, 0.05) is 24.0 Å². The minimum absolute atomic E-state index is 0.155. The zero-order valence-electron chi connectivity index (χ0n) is 19.9. The number of halogens is 1. The summed E-state index contributed by atoms with van der Waals surface area (Å²) in [5.41, 5.74) is 4.08. The summed E-state index contributed by atoms with van der Waals surface area (Å²) in [6.45, 7) is 6.52. The number of hydrogen-bond acceptors (Lipinski definition) is 3. The second-order valence-corrected chi connectivity index (χ2v) is 9.10. The molecule has 0 fully saturated rings. The van der Waals surface area contributed by atoms with Crippen LogP contribution in [-0.4, -0.2) is 35.9 Å². The second kappa shape index (κ2) is 12.4. The highest BCUT2D eigenvalue weighted by molar-refractivity contribution is 9.10. The third-order valence-electron chi connectivity index (χ3n) is 5.72. The van der Waals surface area contributed by atoms with Crippen LogP contribution in [0.1, 0.15) is 29.2 Å². The Labute approximate surface area is 210 Å². The molecule has 3 rings (SSSR count). The molecule has 0 saturated carbocycles. The van der Waals surface area contributed by atoms with Gasteiger partial charge in [-0.2, -0.15) is 0 Å². The van der Waals surface area contributed by atoms with Gasteiger partial charge in [-0.05, 0) is 61.2 Å². The lowest BCUT2D eigenvalue weighted by Crippen LogP contribution is -2.51. The average molecular weight is 523 g/mol. The zero-order chi connectivity index (χ0) is 24.5. The predicted octanol–water partition coefficient (Wildman–Crippen LogP) is 5.22. The molecule has 3 aromatic rings. The molecule has 178 valence electrons. The van der Waals surface area contributed by atoms with E-state index >= 15 is 0 Å². The van der Waals surface area contributed by atoms with Crippen molar-refractivity contribution >= 4 is 27.7 Å². The lowest BCUT2D eigenvalue weighted by atomic mass is 10.0. The van der Waals surface area contributed by atoms with Gasteiger partial charge in [-0.15, -0.1) is 0 Å².